The van der Waals surface area contributed by atoms with Gasteiger partial charge in [-0.3, -0.25) is 0 Å². The number of rotatable bonds is 7. The number of esters is 1. The summed E-state index contributed by atoms with van der Waals surface area (Å²) in [6.45, 7) is 4.87. The first-order valence-electron chi connectivity index (χ1n) is 10.2. The molecule has 0 spiro atoms. The number of hydrogen-bond acceptors (Lipinski definition) is 5. The van der Waals surface area contributed by atoms with Gasteiger partial charge < -0.3 is 23.9 Å². The molecule has 0 bridgehead atoms. The van der Waals surface area contributed by atoms with Crippen molar-refractivity contribution in [1.29, 1.82) is 0 Å². The first-order valence-corrected chi connectivity index (χ1v) is 10.2. The van der Waals surface area contributed by atoms with E-state index in [-0.39, 0.29) is 12.4 Å². The maximum absolute atomic E-state index is 12.7. The van der Waals surface area contributed by atoms with Crippen molar-refractivity contribution in [3.05, 3.63) is 65.9 Å². The van der Waals surface area contributed by atoms with E-state index in [1.165, 1.54) is 0 Å². The number of hydrogen-bond donors (Lipinski definition) is 1. The van der Waals surface area contributed by atoms with Gasteiger partial charge in [0.25, 0.3) is 0 Å². The largest absolute Gasteiger partial charge is 0.507 e. The number of carbonyl (C=O) groups is 1. The monoisotopic (exact) mass is 419 g/mol. The Morgan fingerprint density at radius 2 is 1.74 bits per heavy atom. The van der Waals surface area contributed by atoms with Crippen molar-refractivity contribution in [1.82, 2.24) is 4.57 Å². The number of fused-ring (bicyclic) bond motifs is 3. The molecule has 160 valence electrons. The molecule has 4 aromatic rings. The van der Waals surface area contributed by atoms with E-state index >= 15 is 0 Å². The van der Waals surface area contributed by atoms with Crippen LogP contribution in [0.4, 0.5) is 0 Å². The molecular formula is C25H25NO5. The number of phenolic OH excluding ortho intramolecular Hbond substituents is 1. The molecule has 0 fully saturated rings. The van der Waals surface area contributed by atoms with Gasteiger partial charge in [-0.2, -0.15) is 0 Å². The molecule has 6 nitrogen and oxygen atoms in total. The highest BCUT2D eigenvalue weighted by Crippen LogP contribution is 2.37. The fourth-order valence-electron chi connectivity index (χ4n) is 4.01. The van der Waals surface area contributed by atoms with Gasteiger partial charge in [-0.15, -0.1) is 0 Å². The van der Waals surface area contributed by atoms with Crippen LogP contribution in [0.1, 0.15) is 23.0 Å². The van der Waals surface area contributed by atoms with Crippen molar-refractivity contribution in [3.63, 3.8) is 0 Å². The Morgan fingerprint density at radius 1 is 1.00 bits per heavy atom. The van der Waals surface area contributed by atoms with Crippen molar-refractivity contribution in [2.24, 2.45) is 0 Å². The van der Waals surface area contributed by atoms with E-state index < -0.39 is 5.97 Å². The molecule has 0 saturated carbocycles. The Labute approximate surface area is 180 Å². The number of aromatic nitrogens is 1. The third-order valence-electron chi connectivity index (χ3n) is 5.40. The summed E-state index contributed by atoms with van der Waals surface area (Å²) in [5.74, 6) is 1.18. The highest BCUT2D eigenvalue weighted by atomic mass is 16.5. The van der Waals surface area contributed by atoms with Gasteiger partial charge in [-0.25, -0.2) is 4.79 Å². The maximum Gasteiger partial charge on any atom is 0.340 e. The van der Waals surface area contributed by atoms with Crippen LogP contribution in [0.25, 0.3) is 21.7 Å². The summed E-state index contributed by atoms with van der Waals surface area (Å²) in [5, 5.41) is 12.9. The predicted octanol–water partition coefficient (Wildman–Crippen LogP) is 5.07. The Bertz CT molecular complexity index is 1260. The van der Waals surface area contributed by atoms with Gasteiger partial charge in [0.05, 0.1) is 31.3 Å². The first-order chi connectivity index (χ1) is 15.0. The molecule has 1 N–H and O–H groups in total. The number of aromatic hydroxyl groups is 1. The fourth-order valence-corrected chi connectivity index (χ4v) is 4.01. The minimum atomic E-state index is -0.396. The molecule has 4 rings (SSSR count). The van der Waals surface area contributed by atoms with Crippen molar-refractivity contribution in [2.75, 3.05) is 20.3 Å². The van der Waals surface area contributed by atoms with Crippen LogP contribution in [0.2, 0.25) is 0 Å². The Balaban J connectivity index is 1.78. The second-order valence-corrected chi connectivity index (χ2v) is 7.20. The van der Waals surface area contributed by atoms with Crippen LogP contribution in [0.5, 0.6) is 17.2 Å². The van der Waals surface area contributed by atoms with Gasteiger partial charge in [0.1, 0.15) is 23.9 Å². The summed E-state index contributed by atoms with van der Waals surface area (Å²) in [4.78, 5) is 12.7. The first kappa shape index (κ1) is 20.6. The molecule has 0 saturated heterocycles. The van der Waals surface area contributed by atoms with E-state index in [9.17, 15) is 9.90 Å². The number of phenols is 1. The van der Waals surface area contributed by atoms with Gasteiger partial charge in [-0.1, -0.05) is 30.3 Å². The molecule has 31 heavy (non-hydrogen) atoms. The lowest BCUT2D eigenvalue weighted by atomic mass is 10.0. The number of methoxy groups -OCH3 is 1. The van der Waals surface area contributed by atoms with Crippen LogP contribution < -0.4 is 9.47 Å². The van der Waals surface area contributed by atoms with E-state index in [1.807, 2.05) is 55.5 Å². The smallest absolute Gasteiger partial charge is 0.340 e. The molecule has 0 atom stereocenters. The highest BCUT2D eigenvalue weighted by molar-refractivity contribution is 6.16. The Morgan fingerprint density at radius 3 is 2.48 bits per heavy atom. The van der Waals surface area contributed by atoms with Crippen LogP contribution in [-0.4, -0.2) is 36.0 Å². The average Bonchev–Trinajstić information content (AvgIpc) is 3.05. The molecule has 0 unspecified atom stereocenters. The normalized spacial score (nSPS) is 11.1. The Hall–Kier alpha value is -3.67. The van der Waals surface area contributed by atoms with Gasteiger partial charge in [0.2, 0.25) is 0 Å². The number of carbonyl (C=O) groups excluding carboxylic acids is 1. The Kier molecular flexibility index (Phi) is 5.71. The van der Waals surface area contributed by atoms with Crippen molar-refractivity contribution in [2.45, 2.75) is 20.4 Å². The van der Waals surface area contributed by atoms with Gasteiger partial charge >= 0.3 is 5.97 Å². The van der Waals surface area contributed by atoms with Crippen molar-refractivity contribution >= 4 is 27.6 Å². The zero-order valence-corrected chi connectivity index (χ0v) is 17.8. The van der Waals surface area contributed by atoms with E-state index in [0.717, 1.165) is 27.7 Å². The van der Waals surface area contributed by atoms with Gasteiger partial charge in [0, 0.05) is 27.9 Å². The van der Waals surface area contributed by atoms with Crippen LogP contribution in [0.15, 0.2) is 54.6 Å². The molecule has 1 heterocycles. The standard InChI is InChI=1S/C25H25NO5/c1-4-30-25(28)23-16(2)26(12-13-31-18-9-7-8-17(14-18)29-3)24-20-11-6-5-10-19(20)22(27)15-21(23)24/h5-11,14-15,27H,4,12-13H2,1-3H3. The number of nitrogens with zero attached hydrogens (tertiary/aromatic N) is 1. The summed E-state index contributed by atoms with van der Waals surface area (Å²) >= 11 is 0. The third-order valence-corrected chi connectivity index (χ3v) is 5.40. The summed E-state index contributed by atoms with van der Waals surface area (Å²) < 4.78 is 18.6. The summed E-state index contributed by atoms with van der Waals surface area (Å²) in [5.41, 5.74) is 2.13. The minimum absolute atomic E-state index is 0.137. The quantitative estimate of drug-likeness (QED) is 0.424. The molecular weight excluding hydrogens is 394 g/mol. The van der Waals surface area contributed by atoms with Crippen LogP contribution in [-0.2, 0) is 11.3 Å². The van der Waals surface area contributed by atoms with Gasteiger partial charge in [0.15, 0.2) is 0 Å². The maximum atomic E-state index is 12.7. The topological polar surface area (TPSA) is 69.9 Å². The zero-order valence-electron chi connectivity index (χ0n) is 17.8. The SMILES string of the molecule is CCOC(=O)c1c(C)n(CCOc2cccc(OC)c2)c2c1cc(O)c1ccccc12. The van der Waals surface area contributed by atoms with Crippen molar-refractivity contribution < 1.29 is 24.1 Å². The molecule has 0 amide bonds. The molecule has 6 heteroatoms. The van der Waals surface area contributed by atoms with Crippen LogP contribution in [0.3, 0.4) is 0 Å². The number of ether oxygens (including phenoxy) is 3. The molecule has 3 aromatic carbocycles. The molecule has 0 aliphatic heterocycles. The fraction of sp³-hybridized carbons (Fsp3) is 0.240. The van der Waals surface area contributed by atoms with Gasteiger partial charge in [-0.05, 0) is 32.0 Å². The molecule has 1 aromatic heterocycles. The molecule has 0 aliphatic rings. The molecule has 0 aliphatic carbocycles. The van der Waals surface area contributed by atoms with Crippen LogP contribution >= 0.6 is 0 Å². The van der Waals surface area contributed by atoms with E-state index in [0.29, 0.717) is 29.9 Å². The highest BCUT2D eigenvalue weighted by Gasteiger charge is 2.23. The summed E-state index contributed by atoms with van der Waals surface area (Å²) in [7, 11) is 1.62. The minimum Gasteiger partial charge on any atom is -0.507 e. The lowest BCUT2D eigenvalue weighted by molar-refractivity contribution is 0.0527. The zero-order chi connectivity index (χ0) is 22.0. The average molecular weight is 419 g/mol. The van der Waals surface area contributed by atoms with Crippen molar-refractivity contribution in [3.8, 4) is 17.2 Å². The lowest BCUT2D eigenvalue weighted by Gasteiger charge is -2.12. The second-order valence-electron chi connectivity index (χ2n) is 7.20. The van der Waals surface area contributed by atoms with E-state index in [2.05, 4.69) is 4.57 Å². The predicted molar refractivity (Wildman–Crippen MR) is 120 cm³/mol. The lowest BCUT2D eigenvalue weighted by Crippen LogP contribution is -2.11. The molecule has 0 radical (unpaired) electrons. The second kappa shape index (κ2) is 8.60. The van der Waals surface area contributed by atoms with Crippen LogP contribution in [0, 0.1) is 6.92 Å². The van der Waals surface area contributed by atoms with E-state index in [4.69, 9.17) is 14.2 Å². The third kappa shape index (κ3) is 3.77. The summed E-state index contributed by atoms with van der Waals surface area (Å²) in [6, 6.07) is 16.7. The summed E-state index contributed by atoms with van der Waals surface area (Å²) in [6.07, 6.45) is 0. The van der Waals surface area contributed by atoms with E-state index in [1.54, 1.807) is 20.1 Å². The number of benzene rings is 3.